The van der Waals surface area contributed by atoms with Crippen LogP contribution in [0.15, 0.2) is 36.9 Å². The summed E-state index contributed by atoms with van der Waals surface area (Å²) in [5.41, 5.74) is 1.58. The first-order valence-electron chi connectivity index (χ1n) is 9.50. The molecule has 0 bridgehead atoms. The molecule has 10 heteroatoms. The summed E-state index contributed by atoms with van der Waals surface area (Å²) in [7, 11) is 1.82. The van der Waals surface area contributed by atoms with E-state index in [0.717, 1.165) is 18.5 Å². The molecule has 8 nitrogen and oxygen atoms in total. The van der Waals surface area contributed by atoms with Gasteiger partial charge < -0.3 is 14.6 Å². The maximum absolute atomic E-state index is 12.9. The molecular formula is C20H20F2N6O2. The lowest BCUT2D eigenvalue weighted by molar-refractivity contribution is 0.0844. The Hall–Kier alpha value is -3.27. The Labute approximate surface area is 171 Å². The third-order valence-electron chi connectivity index (χ3n) is 4.93. The summed E-state index contributed by atoms with van der Waals surface area (Å²) < 4.78 is 32.6. The Morgan fingerprint density at radius 2 is 2.03 bits per heavy atom. The molecule has 1 aliphatic heterocycles. The minimum absolute atomic E-state index is 0.160. The van der Waals surface area contributed by atoms with Crippen molar-refractivity contribution >= 4 is 11.6 Å². The van der Waals surface area contributed by atoms with Crippen molar-refractivity contribution < 1.29 is 18.3 Å². The van der Waals surface area contributed by atoms with Gasteiger partial charge >= 0.3 is 0 Å². The highest BCUT2D eigenvalue weighted by Crippen LogP contribution is 2.28. The molecule has 0 aliphatic carbocycles. The number of nitrogens with one attached hydrogen (secondary N) is 1. The number of hydrogen-bond acceptors (Lipinski definition) is 6. The molecular weight excluding hydrogens is 394 g/mol. The summed E-state index contributed by atoms with van der Waals surface area (Å²) in [6, 6.07) is 4.23. The molecule has 4 heterocycles. The summed E-state index contributed by atoms with van der Waals surface area (Å²) >= 11 is 0. The van der Waals surface area contributed by atoms with Gasteiger partial charge in [-0.15, -0.1) is 0 Å². The zero-order valence-corrected chi connectivity index (χ0v) is 16.3. The van der Waals surface area contributed by atoms with Crippen molar-refractivity contribution in [3.05, 3.63) is 54.0 Å². The van der Waals surface area contributed by atoms with Gasteiger partial charge in [-0.2, -0.15) is 0 Å². The lowest BCUT2D eigenvalue weighted by Crippen LogP contribution is -2.19. The van der Waals surface area contributed by atoms with Crippen molar-refractivity contribution in [2.75, 3.05) is 18.5 Å². The van der Waals surface area contributed by atoms with Gasteiger partial charge in [-0.05, 0) is 31.0 Å². The Morgan fingerprint density at radius 3 is 2.67 bits per heavy atom. The Kier molecular flexibility index (Phi) is 5.75. The van der Waals surface area contributed by atoms with Crippen LogP contribution in [0.3, 0.4) is 0 Å². The van der Waals surface area contributed by atoms with Gasteiger partial charge in [0.2, 0.25) is 0 Å². The number of carbonyl (C=O) groups is 1. The molecule has 1 N–H and O–H groups in total. The average molecular weight is 414 g/mol. The molecule has 0 radical (unpaired) electrons. The van der Waals surface area contributed by atoms with Crippen molar-refractivity contribution in [2.24, 2.45) is 7.05 Å². The van der Waals surface area contributed by atoms with Gasteiger partial charge in [-0.3, -0.25) is 9.78 Å². The van der Waals surface area contributed by atoms with Crippen LogP contribution in [0, 0.1) is 0 Å². The third kappa shape index (κ3) is 4.33. The fourth-order valence-corrected chi connectivity index (χ4v) is 3.28. The van der Waals surface area contributed by atoms with Crippen LogP contribution in [-0.2, 0) is 11.8 Å². The van der Waals surface area contributed by atoms with Crippen LogP contribution in [0.2, 0.25) is 0 Å². The Balaban J connectivity index is 1.65. The number of imidazole rings is 1. The van der Waals surface area contributed by atoms with Gasteiger partial charge in [0.25, 0.3) is 12.3 Å². The first-order chi connectivity index (χ1) is 14.5. The van der Waals surface area contributed by atoms with E-state index in [9.17, 15) is 13.6 Å². The predicted octanol–water partition coefficient (Wildman–Crippen LogP) is 3.36. The highest BCUT2D eigenvalue weighted by molar-refractivity contribution is 6.03. The predicted molar refractivity (Wildman–Crippen MR) is 104 cm³/mol. The number of aryl methyl sites for hydroxylation is 1. The van der Waals surface area contributed by atoms with Crippen LogP contribution in [-0.4, -0.2) is 43.6 Å². The topological polar surface area (TPSA) is 94.8 Å². The first-order valence-corrected chi connectivity index (χ1v) is 9.50. The van der Waals surface area contributed by atoms with E-state index in [-0.39, 0.29) is 17.3 Å². The maximum atomic E-state index is 12.9. The van der Waals surface area contributed by atoms with E-state index in [1.165, 1.54) is 18.3 Å². The van der Waals surface area contributed by atoms with E-state index in [2.05, 4.69) is 25.3 Å². The number of nitrogens with zero attached hydrogens (tertiary/aromatic N) is 5. The van der Waals surface area contributed by atoms with Crippen LogP contribution < -0.4 is 5.32 Å². The van der Waals surface area contributed by atoms with Gasteiger partial charge in [-0.25, -0.2) is 23.7 Å². The summed E-state index contributed by atoms with van der Waals surface area (Å²) in [5, 5.41) is 2.66. The SMILES string of the molecule is Cn1cncc1-c1nc(C(=O)Nc2ccc(C(F)F)nc2)cc(C2CCOCC2)n1. The van der Waals surface area contributed by atoms with Crippen LogP contribution in [0.25, 0.3) is 11.5 Å². The average Bonchev–Trinajstić information content (AvgIpc) is 3.20. The van der Waals surface area contributed by atoms with Crippen molar-refractivity contribution in [2.45, 2.75) is 25.2 Å². The normalized spacial score (nSPS) is 14.8. The summed E-state index contributed by atoms with van der Waals surface area (Å²) in [6.45, 7) is 1.28. The number of ether oxygens (including phenoxy) is 1. The third-order valence-corrected chi connectivity index (χ3v) is 4.93. The van der Waals surface area contributed by atoms with E-state index in [0.29, 0.717) is 30.4 Å². The Bertz CT molecular complexity index is 1030. The van der Waals surface area contributed by atoms with E-state index in [1.807, 2.05) is 7.05 Å². The maximum Gasteiger partial charge on any atom is 0.280 e. The number of anilines is 1. The zero-order chi connectivity index (χ0) is 21.1. The molecule has 0 aromatic carbocycles. The number of aromatic nitrogens is 5. The molecule has 0 saturated carbocycles. The molecule has 1 fully saturated rings. The van der Waals surface area contributed by atoms with Gasteiger partial charge in [-0.1, -0.05) is 0 Å². The molecule has 1 saturated heterocycles. The quantitative estimate of drug-likeness (QED) is 0.688. The lowest BCUT2D eigenvalue weighted by atomic mass is 9.95. The zero-order valence-electron chi connectivity index (χ0n) is 16.3. The van der Waals surface area contributed by atoms with E-state index in [4.69, 9.17) is 4.74 Å². The van der Waals surface area contributed by atoms with E-state index < -0.39 is 12.3 Å². The van der Waals surface area contributed by atoms with E-state index >= 15 is 0 Å². The standard InChI is InChI=1S/C20H20F2N6O2/c1-28-11-23-10-17(28)19-26-15(12-4-6-30-7-5-12)8-16(27-19)20(29)25-13-2-3-14(18(21)22)24-9-13/h2-3,8-12,18H,4-7H2,1H3,(H,25,29). The molecule has 0 atom stereocenters. The number of amides is 1. The highest BCUT2D eigenvalue weighted by atomic mass is 19.3. The summed E-state index contributed by atoms with van der Waals surface area (Å²) in [6.07, 6.45) is 3.42. The molecule has 0 unspecified atom stereocenters. The van der Waals surface area contributed by atoms with Crippen molar-refractivity contribution in [3.63, 3.8) is 0 Å². The number of rotatable bonds is 5. The molecule has 30 heavy (non-hydrogen) atoms. The molecule has 1 amide bonds. The molecule has 0 spiro atoms. The Morgan fingerprint density at radius 1 is 1.23 bits per heavy atom. The minimum atomic E-state index is -2.67. The largest absolute Gasteiger partial charge is 0.381 e. The second-order valence-electron chi connectivity index (χ2n) is 7.00. The lowest BCUT2D eigenvalue weighted by Gasteiger charge is -2.22. The number of pyridine rings is 1. The van der Waals surface area contributed by atoms with Gasteiger partial charge in [0, 0.05) is 31.9 Å². The van der Waals surface area contributed by atoms with Crippen LogP contribution in [0.1, 0.15) is 47.1 Å². The van der Waals surface area contributed by atoms with Crippen molar-refractivity contribution in [1.82, 2.24) is 24.5 Å². The first kappa shape index (κ1) is 20.0. The molecule has 156 valence electrons. The van der Waals surface area contributed by atoms with Crippen molar-refractivity contribution in [3.8, 4) is 11.5 Å². The molecule has 4 rings (SSSR count). The number of halogens is 2. The summed E-state index contributed by atoms with van der Waals surface area (Å²) in [4.78, 5) is 29.7. The van der Waals surface area contributed by atoms with Gasteiger partial charge in [0.1, 0.15) is 17.1 Å². The smallest absolute Gasteiger partial charge is 0.280 e. The molecule has 1 aliphatic rings. The van der Waals surface area contributed by atoms with Gasteiger partial charge in [0.05, 0.1) is 24.4 Å². The van der Waals surface area contributed by atoms with Crippen LogP contribution in [0.5, 0.6) is 0 Å². The monoisotopic (exact) mass is 414 g/mol. The minimum Gasteiger partial charge on any atom is -0.381 e. The number of alkyl halides is 2. The van der Waals surface area contributed by atoms with Gasteiger partial charge in [0.15, 0.2) is 5.82 Å². The van der Waals surface area contributed by atoms with Crippen LogP contribution >= 0.6 is 0 Å². The number of carbonyl (C=O) groups excluding carboxylic acids is 1. The van der Waals surface area contributed by atoms with E-state index in [1.54, 1.807) is 23.2 Å². The van der Waals surface area contributed by atoms with Crippen LogP contribution in [0.4, 0.5) is 14.5 Å². The molecule has 3 aromatic rings. The molecule has 3 aromatic heterocycles. The second-order valence-corrected chi connectivity index (χ2v) is 7.00. The second kappa shape index (κ2) is 8.62. The number of hydrogen-bond donors (Lipinski definition) is 1. The highest BCUT2D eigenvalue weighted by Gasteiger charge is 2.22. The fraction of sp³-hybridized carbons (Fsp3) is 0.350. The fourth-order valence-electron chi connectivity index (χ4n) is 3.28. The summed E-state index contributed by atoms with van der Waals surface area (Å²) in [5.74, 6) is 0.0864. The van der Waals surface area contributed by atoms with Crippen molar-refractivity contribution in [1.29, 1.82) is 0 Å².